The van der Waals surface area contributed by atoms with Crippen LogP contribution in [0.5, 0.6) is 0 Å². The number of para-hydroxylation sites is 1. The van der Waals surface area contributed by atoms with Crippen LogP contribution in [0, 0.1) is 6.92 Å². The zero-order chi connectivity index (χ0) is 25.7. The van der Waals surface area contributed by atoms with Gasteiger partial charge in [-0.1, -0.05) is 59.2 Å². The Morgan fingerprint density at radius 2 is 1.61 bits per heavy atom. The molecule has 36 heavy (non-hydrogen) atoms. The number of halogens is 1. The molecule has 0 unspecified atom stereocenters. The fourth-order valence-electron chi connectivity index (χ4n) is 3.66. The predicted molar refractivity (Wildman–Crippen MR) is 136 cm³/mol. The Morgan fingerprint density at radius 1 is 0.917 bits per heavy atom. The molecule has 4 aromatic rings. The Balaban J connectivity index is 1.73. The molecule has 8 nitrogen and oxygen atoms in total. The number of benzene rings is 2. The molecular formula is C27H24ClN3O5. The summed E-state index contributed by atoms with van der Waals surface area (Å²) in [6, 6.07) is 19.5. The highest BCUT2D eigenvalue weighted by molar-refractivity contribution is 6.34. The molecule has 1 amide bonds. The van der Waals surface area contributed by atoms with E-state index in [-0.39, 0.29) is 18.9 Å². The van der Waals surface area contributed by atoms with Crippen molar-refractivity contribution in [2.45, 2.75) is 20.8 Å². The van der Waals surface area contributed by atoms with Crippen molar-refractivity contribution >= 4 is 35.0 Å². The Hall–Kier alpha value is -4.17. The third kappa shape index (κ3) is 5.08. The van der Waals surface area contributed by atoms with Crippen molar-refractivity contribution in [3.8, 4) is 22.6 Å². The van der Waals surface area contributed by atoms with E-state index in [0.29, 0.717) is 39.1 Å². The maximum atomic E-state index is 13.0. The van der Waals surface area contributed by atoms with E-state index in [2.05, 4.69) is 10.1 Å². The van der Waals surface area contributed by atoms with Crippen molar-refractivity contribution in [2.24, 2.45) is 0 Å². The number of nitrogens with zero attached hydrogens (tertiary/aromatic N) is 3. The first-order valence-electron chi connectivity index (χ1n) is 11.4. The summed E-state index contributed by atoms with van der Waals surface area (Å²) < 4.78 is 16.0. The Kier molecular flexibility index (Phi) is 7.65. The van der Waals surface area contributed by atoms with E-state index in [1.165, 1.54) is 4.90 Å². The van der Waals surface area contributed by atoms with Gasteiger partial charge in [0.05, 0.1) is 29.6 Å². The zero-order valence-corrected chi connectivity index (χ0v) is 20.8. The molecule has 0 saturated carbocycles. The largest absolute Gasteiger partial charge is 0.461 e. The van der Waals surface area contributed by atoms with Crippen molar-refractivity contribution in [1.29, 1.82) is 0 Å². The number of hydrogen-bond acceptors (Lipinski definition) is 7. The van der Waals surface area contributed by atoms with Crippen molar-refractivity contribution in [2.75, 3.05) is 18.1 Å². The topological polar surface area (TPSA) is 94.8 Å². The van der Waals surface area contributed by atoms with Crippen LogP contribution < -0.4 is 4.90 Å². The highest BCUT2D eigenvalue weighted by atomic mass is 35.5. The second-order valence-corrected chi connectivity index (χ2v) is 8.04. The Morgan fingerprint density at radius 3 is 2.31 bits per heavy atom. The molecule has 2 aromatic heterocycles. The maximum absolute atomic E-state index is 13.0. The van der Waals surface area contributed by atoms with Gasteiger partial charge in [-0.3, -0.25) is 0 Å². The normalized spacial score (nSPS) is 10.7. The molecular weight excluding hydrogens is 482 g/mol. The zero-order valence-electron chi connectivity index (χ0n) is 20.0. The summed E-state index contributed by atoms with van der Waals surface area (Å²) >= 11 is 6.43. The molecule has 4 rings (SSSR count). The average Bonchev–Trinajstić information content (AvgIpc) is 3.26. The Bertz CT molecular complexity index is 1380. The van der Waals surface area contributed by atoms with Crippen LogP contribution in [-0.2, 0) is 9.47 Å². The minimum Gasteiger partial charge on any atom is -0.461 e. The minimum absolute atomic E-state index is 0.187. The summed E-state index contributed by atoms with van der Waals surface area (Å²) in [5, 5.41) is 4.48. The average molecular weight is 506 g/mol. The fourth-order valence-corrected chi connectivity index (χ4v) is 3.88. The standard InChI is InChI=1S/C27H24ClN3O5/c1-4-34-26(32)22-11-8-10-21(29-22)18-13-15-19(16-14-18)25-24(17(3)30-36-25)31(27(33)35-5-2)23-12-7-6-9-20(23)28/h6-16H,4-5H2,1-3H3. The number of amides is 1. The molecule has 0 spiro atoms. The van der Waals surface area contributed by atoms with Crippen LogP contribution in [0.1, 0.15) is 30.0 Å². The van der Waals surface area contributed by atoms with Gasteiger partial charge in [0.1, 0.15) is 17.1 Å². The Labute approximate surface area is 213 Å². The van der Waals surface area contributed by atoms with Crippen LogP contribution in [0.3, 0.4) is 0 Å². The molecule has 0 atom stereocenters. The van der Waals surface area contributed by atoms with E-state index in [9.17, 15) is 9.59 Å². The van der Waals surface area contributed by atoms with Crippen molar-refractivity contribution < 1.29 is 23.6 Å². The molecule has 2 heterocycles. The van der Waals surface area contributed by atoms with E-state index in [1.54, 1.807) is 57.2 Å². The fraction of sp³-hybridized carbons (Fsp3) is 0.185. The smallest absolute Gasteiger partial charge is 0.419 e. The number of anilines is 2. The first kappa shape index (κ1) is 24.9. The number of pyridine rings is 1. The van der Waals surface area contributed by atoms with Crippen LogP contribution in [0.25, 0.3) is 22.6 Å². The van der Waals surface area contributed by atoms with Crippen LogP contribution in [0.15, 0.2) is 71.3 Å². The molecule has 0 radical (unpaired) electrons. The van der Waals surface area contributed by atoms with Gasteiger partial charge in [-0.25, -0.2) is 19.5 Å². The van der Waals surface area contributed by atoms with Gasteiger partial charge >= 0.3 is 12.1 Å². The molecule has 0 aliphatic heterocycles. The van der Waals surface area contributed by atoms with Crippen LogP contribution in [0.2, 0.25) is 5.02 Å². The van der Waals surface area contributed by atoms with Gasteiger partial charge in [-0.2, -0.15) is 0 Å². The van der Waals surface area contributed by atoms with Gasteiger partial charge in [-0.15, -0.1) is 0 Å². The lowest BCUT2D eigenvalue weighted by Crippen LogP contribution is -2.27. The minimum atomic E-state index is -0.602. The number of carbonyl (C=O) groups is 2. The number of hydrogen-bond donors (Lipinski definition) is 0. The van der Waals surface area contributed by atoms with Crippen molar-refractivity contribution in [3.63, 3.8) is 0 Å². The monoisotopic (exact) mass is 505 g/mol. The summed E-state index contributed by atoms with van der Waals surface area (Å²) in [6.07, 6.45) is -0.602. The number of aryl methyl sites for hydroxylation is 1. The molecule has 184 valence electrons. The second-order valence-electron chi connectivity index (χ2n) is 7.64. The van der Waals surface area contributed by atoms with Gasteiger partial charge in [0.2, 0.25) is 0 Å². The lowest BCUT2D eigenvalue weighted by Gasteiger charge is -2.23. The molecule has 2 aromatic carbocycles. The first-order valence-corrected chi connectivity index (χ1v) is 11.7. The van der Waals surface area contributed by atoms with E-state index in [0.717, 1.165) is 5.56 Å². The third-order valence-corrected chi connectivity index (χ3v) is 5.60. The summed E-state index contributed by atoms with van der Waals surface area (Å²) in [5.41, 5.74) is 3.68. The van der Waals surface area contributed by atoms with Crippen LogP contribution in [0.4, 0.5) is 16.2 Å². The van der Waals surface area contributed by atoms with Crippen molar-refractivity contribution in [3.05, 3.63) is 83.1 Å². The van der Waals surface area contributed by atoms with Crippen LogP contribution in [-0.4, -0.2) is 35.4 Å². The summed E-state index contributed by atoms with van der Waals surface area (Å²) in [6.45, 7) is 5.68. The maximum Gasteiger partial charge on any atom is 0.419 e. The lowest BCUT2D eigenvalue weighted by molar-refractivity contribution is 0.0519. The van der Waals surface area contributed by atoms with Gasteiger partial charge in [0.25, 0.3) is 0 Å². The SMILES string of the molecule is CCOC(=O)c1cccc(-c2ccc(-c3onc(C)c3N(C(=O)OCC)c3ccccc3Cl)cc2)n1. The lowest BCUT2D eigenvalue weighted by atomic mass is 10.0. The van der Waals surface area contributed by atoms with E-state index in [4.69, 9.17) is 25.6 Å². The number of rotatable bonds is 7. The third-order valence-electron chi connectivity index (χ3n) is 5.28. The number of aromatic nitrogens is 2. The molecule has 0 bridgehead atoms. The van der Waals surface area contributed by atoms with E-state index >= 15 is 0 Å². The first-order chi connectivity index (χ1) is 17.4. The second kappa shape index (κ2) is 11.0. The van der Waals surface area contributed by atoms with E-state index < -0.39 is 12.1 Å². The summed E-state index contributed by atoms with van der Waals surface area (Å²) in [7, 11) is 0. The quantitative estimate of drug-likeness (QED) is 0.254. The molecule has 0 saturated heterocycles. The highest BCUT2D eigenvalue weighted by Crippen LogP contribution is 2.41. The van der Waals surface area contributed by atoms with Gasteiger partial charge in [0, 0.05) is 11.1 Å². The number of esters is 1. The molecule has 0 aliphatic rings. The molecule has 0 aliphatic carbocycles. The van der Waals surface area contributed by atoms with E-state index in [1.807, 2.05) is 30.3 Å². The number of ether oxygens (including phenoxy) is 2. The molecule has 9 heteroatoms. The number of carbonyl (C=O) groups excluding carboxylic acids is 2. The predicted octanol–water partition coefficient (Wildman–Crippen LogP) is 6.84. The van der Waals surface area contributed by atoms with Gasteiger partial charge < -0.3 is 14.0 Å². The molecule has 0 N–H and O–H groups in total. The van der Waals surface area contributed by atoms with Crippen molar-refractivity contribution in [1.82, 2.24) is 10.1 Å². The molecule has 0 fully saturated rings. The summed E-state index contributed by atoms with van der Waals surface area (Å²) in [5.74, 6) is -0.100. The highest BCUT2D eigenvalue weighted by Gasteiger charge is 2.30. The van der Waals surface area contributed by atoms with Crippen LogP contribution >= 0.6 is 11.6 Å². The van der Waals surface area contributed by atoms with Gasteiger partial charge in [-0.05, 0) is 45.0 Å². The van der Waals surface area contributed by atoms with Gasteiger partial charge in [0.15, 0.2) is 5.76 Å². The summed E-state index contributed by atoms with van der Waals surface area (Å²) in [4.78, 5) is 30.9.